The minimum Gasteiger partial charge on any atom is -0.153 e. The first-order valence-electron chi connectivity index (χ1n) is 4.48. The van der Waals surface area contributed by atoms with Gasteiger partial charge in [0.15, 0.2) is 6.20 Å². The number of azo groups is 1. The zero-order valence-corrected chi connectivity index (χ0v) is 8.52. The predicted molar refractivity (Wildman–Crippen MR) is 48.1 cm³/mol. The Hall–Kier alpha value is -1.19. The molecule has 0 radical (unpaired) electrons. The van der Waals surface area contributed by atoms with Crippen molar-refractivity contribution in [3.63, 3.8) is 0 Å². The molecule has 0 bridgehead atoms. The molecule has 0 fully saturated rings. The molecule has 1 aliphatic heterocycles. The van der Waals surface area contributed by atoms with Crippen LogP contribution in [0, 0.1) is 0 Å². The Bertz CT molecular complexity index is 327. The van der Waals surface area contributed by atoms with Crippen molar-refractivity contribution >= 4 is 0 Å². The van der Waals surface area contributed by atoms with Gasteiger partial charge in [-0.1, -0.05) is 4.68 Å². The summed E-state index contributed by atoms with van der Waals surface area (Å²) in [5.74, 6) is 0. The van der Waals surface area contributed by atoms with Crippen LogP contribution in [0.5, 0.6) is 0 Å². The summed E-state index contributed by atoms with van der Waals surface area (Å²) in [6.45, 7) is 8.18. The van der Waals surface area contributed by atoms with Gasteiger partial charge in [0.25, 0.3) is 5.66 Å². The van der Waals surface area contributed by atoms with E-state index in [2.05, 4.69) is 19.6 Å². The Kier molecular flexibility index (Phi) is 1.41. The second-order valence-corrected chi connectivity index (χ2v) is 4.37. The molecule has 4 nitrogen and oxygen atoms in total. The van der Waals surface area contributed by atoms with E-state index in [1.165, 1.54) is 0 Å². The molecular formula is C9H15N4+. The molecule has 1 aliphatic rings. The fraction of sp³-hybridized carbons (Fsp3) is 0.667. The van der Waals surface area contributed by atoms with Crippen LogP contribution in [0.25, 0.3) is 0 Å². The first-order valence-corrected chi connectivity index (χ1v) is 4.48. The number of aromatic nitrogens is 2. The molecule has 0 amide bonds. The Balaban J connectivity index is 2.64. The topological polar surface area (TPSA) is 33.5 Å². The van der Waals surface area contributed by atoms with Gasteiger partial charge in [-0.3, -0.25) is 0 Å². The Labute approximate surface area is 77.9 Å². The van der Waals surface area contributed by atoms with Gasteiger partial charge in [0, 0.05) is 19.9 Å². The van der Waals surface area contributed by atoms with E-state index >= 15 is 0 Å². The fourth-order valence-corrected chi connectivity index (χ4v) is 1.57. The first-order chi connectivity index (χ1) is 5.93. The molecule has 0 saturated carbocycles. The van der Waals surface area contributed by atoms with Gasteiger partial charge in [0.1, 0.15) is 0 Å². The lowest BCUT2D eigenvalue weighted by atomic mass is 10.2. The molecule has 1 aromatic rings. The van der Waals surface area contributed by atoms with Crippen molar-refractivity contribution in [2.45, 2.75) is 39.0 Å². The minimum absolute atomic E-state index is 0.265. The molecule has 2 heterocycles. The smallest absolute Gasteiger partial charge is 0.153 e. The molecule has 0 aliphatic carbocycles. The number of nitrogens with zero attached hydrogens (tertiary/aromatic N) is 4. The van der Waals surface area contributed by atoms with Crippen LogP contribution in [0.3, 0.4) is 0 Å². The molecular weight excluding hydrogens is 164 g/mol. The van der Waals surface area contributed by atoms with Crippen LogP contribution in [0.4, 0.5) is 0 Å². The van der Waals surface area contributed by atoms with Gasteiger partial charge in [-0.2, -0.15) is 5.11 Å². The van der Waals surface area contributed by atoms with Crippen molar-refractivity contribution in [2.75, 3.05) is 0 Å². The summed E-state index contributed by atoms with van der Waals surface area (Å²) in [5, 5.41) is 8.59. The van der Waals surface area contributed by atoms with Gasteiger partial charge in [0.2, 0.25) is 5.66 Å². The monoisotopic (exact) mass is 179 g/mol. The summed E-state index contributed by atoms with van der Waals surface area (Å²) in [6.07, 6.45) is 4.06. The zero-order chi connectivity index (χ0) is 9.69. The quantitative estimate of drug-likeness (QED) is 0.542. The van der Waals surface area contributed by atoms with E-state index in [0.717, 1.165) is 0 Å². The molecule has 0 spiro atoms. The number of hydrogen-bond acceptors (Lipinski definition) is 2. The second-order valence-electron chi connectivity index (χ2n) is 4.37. The van der Waals surface area contributed by atoms with Gasteiger partial charge in [-0.25, -0.2) is 0 Å². The molecule has 0 aromatic carbocycles. The van der Waals surface area contributed by atoms with Gasteiger partial charge >= 0.3 is 0 Å². The maximum absolute atomic E-state index is 4.30. The zero-order valence-electron chi connectivity index (χ0n) is 8.52. The van der Waals surface area contributed by atoms with Crippen molar-refractivity contribution in [3.8, 4) is 0 Å². The predicted octanol–water partition coefficient (Wildman–Crippen LogP) is 1.63. The third kappa shape index (κ3) is 1.08. The SMILES string of the molecule is CC1(C)N=NC(C)(C)[n+]2cccn21. The van der Waals surface area contributed by atoms with Crippen LogP contribution in [-0.2, 0) is 11.3 Å². The van der Waals surface area contributed by atoms with E-state index in [-0.39, 0.29) is 11.3 Å². The van der Waals surface area contributed by atoms with E-state index < -0.39 is 0 Å². The largest absolute Gasteiger partial charge is 0.295 e. The second kappa shape index (κ2) is 2.19. The van der Waals surface area contributed by atoms with Gasteiger partial charge in [-0.05, 0) is 13.8 Å². The van der Waals surface area contributed by atoms with Crippen LogP contribution in [0.15, 0.2) is 28.7 Å². The third-order valence-corrected chi connectivity index (χ3v) is 2.35. The average molecular weight is 179 g/mol. The third-order valence-electron chi connectivity index (χ3n) is 2.35. The van der Waals surface area contributed by atoms with Gasteiger partial charge in [0.05, 0.1) is 6.20 Å². The highest BCUT2D eigenvalue weighted by Crippen LogP contribution is 2.24. The Morgan fingerprint density at radius 3 is 2.46 bits per heavy atom. The van der Waals surface area contributed by atoms with Crippen LogP contribution in [0.2, 0.25) is 0 Å². The Morgan fingerprint density at radius 2 is 1.85 bits per heavy atom. The molecule has 0 atom stereocenters. The van der Waals surface area contributed by atoms with E-state index in [9.17, 15) is 0 Å². The molecule has 2 rings (SSSR count). The summed E-state index contributed by atoms with van der Waals surface area (Å²) >= 11 is 0. The fourth-order valence-electron chi connectivity index (χ4n) is 1.57. The van der Waals surface area contributed by atoms with Crippen LogP contribution in [0.1, 0.15) is 27.7 Å². The maximum Gasteiger partial charge on any atom is 0.295 e. The lowest BCUT2D eigenvalue weighted by molar-refractivity contribution is -0.838. The van der Waals surface area contributed by atoms with E-state index in [1.54, 1.807) is 0 Å². The normalized spacial score (nSPS) is 22.8. The summed E-state index contributed by atoms with van der Waals surface area (Å²) in [7, 11) is 0. The van der Waals surface area contributed by atoms with Crippen molar-refractivity contribution < 1.29 is 4.68 Å². The van der Waals surface area contributed by atoms with Crippen molar-refractivity contribution in [2.24, 2.45) is 10.2 Å². The highest BCUT2D eigenvalue weighted by atomic mass is 15.6. The molecule has 0 N–H and O–H groups in total. The van der Waals surface area contributed by atoms with E-state index in [1.807, 2.05) is 46.2 Å². The molecule has 0 saturated heterocycles. The molecule has 1 aromatic heterocycles. The lowest BCUT2D eigenvalue weighted by Gasteiger charge is -2.27. The van der Waals surface area contributed by atoms with Crippen molar-refractivity contribution in [1.82, 2.24) is 4.68 Å². The van der Waals surface area contributed by atoms with E-state index in [0.29, 0.717) is 0 Å². The highest BCUT2D eigenvalue weighted by molar-refractivity contribution is 4.82. The number of rotatable bonds is 0. The van der Waals surface area contributed by atoms with Gasteiger partial charge in [-0.15, -0.1) is 9.80 Å². The number of hydrogen-bond donors (Lipinski definition) is 0. The average Bonchev–Trinajstić information content (AvgIpc) is 2.48. The molecule has 70 valence electrons. The minimum atomic E-state index is -0.265. The van der Waals surface area contributed by atoms with Crippen molar-refractivity contribution in [1.29, 1.82) is 0 Å². The standard InChI is InChI=1S/C9H15N4/c1-8(2)10-11-9(3,4)13-7-5-6-12(8)13/h5-7H,1-4H3/q+1. The summed E-state index contributed by atoms with van der Waals surface area (Å²) in [5.41, 5.74) is -0.530. The first kappa shape index (κ1) is 8.41. The van der Waals surface area contributed by atoms with Gasteiger partial charge < -0.3 is 0 Å². The lowest BCUT2D eigenvalue weighted by Crippen LogP contribution is -2.62. The highest BCUT2D eigenvalue weighted by Gasteiger charge is 2.41. The van der Waals surface area contributed by atoms with Crippen LogP contribution < -0.4 is 4.68 Å². The number of fused-ring (bicyclic) bond motifs is 1. The maximum atomic E-state index is 4.30. The van der Waals surface area contributed by atoms with Crippen LogP contribution >= 0.6 is 0 Å². The summed E-state index contributed by atoms with van der Waals surface area (Å²) in [6, 6.07) is 2.01. The molecule has 0 unspecified atom stereocenters. The van der Waals surface area contributed by atoms with E-state index in [4.69, 9.17) is 0 Å². The Morgan fingerprint density at radius 1 is 1.15 bits per heavy atom. The summed E-state index contributed by atoms with van der Waals surface area (Å²) in [4.78, 5) is 0. The van der Waals surface area contributed by atoms with Crippen LogP contribution in [-0.4, -0.2) is 4.68 Å². The van der Waals surface area contributed by atoms with Crippen molar-refractivity contribution in [3.05, 3.63) is 18.5 Å². The molecule has 13 heavy (non-hydrogen) atoms. The molecule has 4 heteroatoms. The summed E-state index contributed by atoms with van der Waals surface area (Å²) < 4.78 is 4.19.